The van der Waals surface area contributed by atoms with Crippen LogP contribution in [0.2, 0.25) is 0 Å². The van der Waals surface area contributed by atoms with Crippen LogP contribution in [-0.4, -0.2) is 15.0 Å². The monoisotopic (exact) mass is 601 g/mol. The van der Waals surface area contributed by atoms with E-state index in [1.54, 1.807) is 0 Å². The van der Waals surface area contributed by atoms with Crippen LogP contribution in [0.15, 0.2) is 152 Å². The number of hydrogen-bond donors (Lipinski definition) is 0. The van der Waals surface area contributed by atoms with E-state index in [4.69, 9.17) is 9.97 Å². The zero-order chi connectivity index (χ0) is 31.5. The van der Waals surface area contributed by atoms with Gasteiger partial charge in [-0.3, -0.25) is 4.98 Å². The normalized spacial score (nSPS) is 13.1. The summed E-state index contributed by atoms with van der Waals surface area (Å²) in [6, 6.07) is 51.7. The molecule has 0 saturated heterocycles. The second kappa shape index (κ2) is 10.6. The average molecular weight is 602 g/mol. The summed E-state index contributed by atoms with van der Waals surface area (Å²) >= 11 is 0. The van der Waals surface area contributed by atoms with Crippen LogP contribution >= 0.6 is 0 Å². The highest BCUT2D eigenvalue weighted by Crippen LogP contribution is 2.50. The van der Waals surface area contributed by atoms with Gasteiger partial charge < -0.3 is 0 Å². The second-order valence-corrected chi connectivity index (χ2v) is 12.9. The highest BCUT2D eigenvalue weighted by atomic mass is 14.9. The molecule has 1 aliphatic carbocycles. The van der Waals surface area contributed by atoms with Gasteiger partial charge in [0.2, 0.25) is 0 Å². The van der Waals surface area contributed by atoms with Crippen molar-refractivity contribution in [2.45, 2.75) is 19.3 Å². The van der Waals surface area contributed by atoms with Crippen LogP contribution in [0.1, 0.15) is 25.0 Å². The first kappa shape index (κ1) is 27.4. The Kier molecular flexibility index (Phi) is 6.16. The first-order valence-corrected chi connectivity index (χ1v) is 16.1. The lowest BCUT2D eigenvalue weighted by atomic mass is 9.81. The van der Waals surface area contributed by atoms with Crippen molar-refractivity contribution in [3.63, 3.8) is 0 Å². The molecule has 6 aromatic carbocycles. The van der Waals surface area contributed by atoms with Gasteiger partial charge in [-0.15, -0.1) is 0 Å². The molecular weight excluding hydrogens is 571 g/mol. The molecule has 0 aliphatic heterocycles. The number of nitrogens with zero attached hydrogens (tertiary/aromatic N) is 3. The molecule has 2 aromatic heterocycles. The Balaban J connectivity index is 1.21. The van der Waals surface area contributed by atoms with Crippen molar-refractivity contribution in [1.82, 2.24) is 15.0 Å². The topological polar surface area (TPSA) is 38.7 Å². The molecular formula is C44H31N3. The van der Waals surface area contributed by atoms with Crippen molar-refractivity contribution >= 4 is 21.5 Å². The SMILES string of the molecule is CC1(C)c2ccccc2-c2cc3c(ccc4ccc(-c5cc(-c6ccc(-c7ccccn7)cc6)nc(-c6ccccc6)n5)cc43)cc21. The average Bonchev–Trinajstić information content (AvgIpc) is 3.36. The zero-order valence-electron chi connectivity index (χ0n) is 26.3. The van der Waals surface area contributed by atoms with E-state index in [0.29, 0.717) is 5.82 Å². The van der Waals surface area contributed by atoms with Crippen LogP contribution in [0.5, 0.6) is 0 Å². The molecule has 9 rings (SSSR count). The largest absolute Gasteiger partial charge is 0.256 e. The van der Waals surface area contributed by atoms with Crippen LogP contribution in [0.4, 0.5) is 0 Å². The van der Waals surface area contributed by atoms with E-state index in [9.17, 15) is 0 Å². The van der Waals surface area contributed by atoms with Crippen molar-refractivity contribution in [3.05, 3.63) is 163 Å². The summed E-state index contributed by atoms with van der Waals surface area (Å²) in [5, 5.41) is 4.97. The predicted octanol–water partition coefficient (Wildman–Crippen LogP) is 11.2. The molecule has 2 heterocycles. The van der Waals surface area contributed by atoms with Gasteiger partial charge in [0, 0.05) is 33.9 Å². The minimum absolute atomic E-state index is 0.0298. The summed E-state index contributed by atoms with van der Waals surface area (Å²) in [6.45, 7) is 4.68. The van der Waals surface area contributed by atoms with Gasteiger partial charge >= 0.3 is 0 Å². The van der Waals surface area contributed by atoms with Crippen LogP contribution in [-0.2, 0) is 5.41 Å². The fraction of sp³-hybridized carbons (Fsp3) is 0.0682. The Labute approximate surface area is 274 Å². The van der Waals surface area contributed by atoms with Crippen LogP contribution in [0, 0.1) is 0 Å². The first-order chi connectivity index (χ1) is 23.0. The van der Waals surface area contributed by atoms with E-state index in [2.05, 4.69) is 128 Å². The quantitative estimate of drug-likeness (QED) is 0.188. The van der Waals surface area contributed by atoms with Crippen LogP contribution in [0.3, 0.4) is 0 Å². The third-order valence-electron chi connectivity index (χ3n) is 9.73. The summed E-state index contributed by atoms with van der Waals surface area (Å²) in [6.07, 6.45) is 1.83. The summed E-state index contributed by atoms with van der Waals surface area (Å²) in [5.41, 5.74) is 12.3. The van der Waals surface area contributed by atoms with Gasteiger partial charge in [-0.1, -0.05) is 123 Å². The van der Waals surface area contributed by atoms with E-state index >= 15 is 0 Å². The van der Waals surface area contributed by atoms with E-state index in [0.717, 1.165) is 39.3 Å². The number of hydrogen-bond acceptors (Lipinski definition) is 3. The Morgan fingerprint density at radius 1 is 0.426 bits per heavy atom. The Bertz CT molecular complexity index is 2460. The first-order valence-electron chi connectivity index (χ1n) is 16.1. The summed E-state index contributed by atoms with van der Waals surface area (Å²) in [7, 11) is 0. The van der Waals surface area contributed by atoms with Crippen molar-refractivity contribution in [2.24, 2.45) is 0 Å². The smallest absolute Gasteiger partial charge is 0.160 e. The fourth-order valence-corrected chi connectivity index (χ4v) is 7.21. The number of rotatable bonds is 4. The fourth-order valence-electron chi connectivity index (χ4n) is 7.21. The van der Waals surface area contributed by atoms with E-state index in [1.165, 1.54) is 43.8 Å². The molecule has 222 valence electrons. The number of benzene rings is 6. The standard InChI is InChI=1S/C44H31N3/c1-44(2)38-13-7-6-12-34(38)37-26-36-32(25-39(37)44)21-15-28-16-22-33(24-35(28)36)42-27-41(46-43(47-42)31-10-4-3-5-11-31)30-19-17-29(18-20-30)40-14-8-9-23-45-40/h3-27H,1-2H3. The molecule has 0 saturated carbocycles. The van der Waals surface area contributed by atoms with Crippen molar-refractivity contribution in [1.29, 1.82) is 0 Å². The van der Waals surface area contributed by atoms with Gasteiger partial charge in [0.05, 0.1) is 17.1 Å². The third-order valence-corrected chi connectivity index (χ3v) is 9.73. The van der Waals surface area contributed by atoms with Crippen molar-refractivity contribution in [2.75, 3.05) is 0 Å². The molecule has 0 spiro atoms. The highest BCUT2D eigenvalue weighted by Gasteiger charge is 2.35. The van der Waals surface area contributed by atoms with Gasteiger partial charge in [-0.2, -0.15) is 0 Å². The zero-order valence-corrected chi connectivity index (χ0v) is 26.3. The van der Waals surface area contributed by atoms with Gasteiger partial charge in [0.15, 0.2) is 5.82 Å². The van der Waals surface area contributed by atoms with Crippen LogP contribution in [0.25, 0.3) is 77.8 Å². The lowest BCUT2D eigenvalue weighted by Gasteiger charge is -2.21. The Morgan fingerprint density at radius 3 is 1.85 bits per heavy atom. The third kappa shape index (κ3) is 4.54. The molecule has 8 aromatic rings. The maximum Gasteiger partial charge on any atom is 0.160 e. The highest BCUT2D eigenvalue weighted by molar-refractivity contribution is 6.11. The Hall–Kier alpha value is -5.93. The number of pyridine rings is 1. The van der Waals surface area contributed by atoms with E-state index in [1.807, 2.05) is 42.6 Å². The van der Waals surface area contributed by atoms with Crippen molar-refractivity contribution < 1.29 is 0 Å². The molecule has 0 N–H and O–H groups in total. The summed E-state index contributed by atoms with van der Waals surface area (Å²) < 4.78 is 0. The molecule has 0 atom stereocenters. The minimum atomic E-state index is -0.0298. The van der Waals surface area contributed by atoms with Gasteiger partial charge in [-0.05, 0) is 80.2 Å². The maximum absolute atomic E-state index is 5.14. The molecule has 0 radical (unpaired) electrons. The number of aromatic nitrogens is 3. The van der Waals surface area contributed by atoms with E-state index in [-0.39, 0.29) is 5.41 Å². The lowest BCUT2D eigenvalue weighted by Crippen LogP contribution is -2.14. The molecule has 47 heavy (non-hydrogen) atoms. The van der Waals surface area contributed by atoms with E-state index < -0.39 is 0 Å². The van der Waals surface area contributed by atoms with Gasteiger partial charge in [-0.25, -0.2) is 9.97 Å². The Morgan fingerprint density at radius 2 is 1.06 bits per heavy atom. The minimum Gasteiger partial charge on any atom is -0.256 e. The molecule has 3 heteroatoms. The lowest BCUT2D eigenvalue weighted by molar-refractivity contribution is 0.661. The summed E-state index contributed by atoms with van der Waals surface area (Å²) in [5.74, 6) is 0.710. The molecule has 3 nitrogen and oxygen atoms in total. The van der Waals surface area contributed by atoms with Crippen molar-refractivity contribution in [3.8, 4) is 56.3 Å². The maximum atomic E-state index is 5.14. The van der Waals surface area contributed by atoms with Gasteiger partial charge in [0.1, 0.15) is 0 Å². The van der Waals surface area contributed by atoms with Crippen LogP contribution < -0.4 is 0 Å². The molecule has 0 amide bonds. The summed E-state index contributed by atoms with van der Waals surface area (Å²) in [4.78, 5) is 14.7. The number of fused-ring (bicyclic) bond motifs is 6. The predicted molar refractivity (Wildman–Crippen MR) is 194 cm³/mol. The molecule has 1 aliphatic rings. The molecule has 0 unspecified atom stereocenters. The molecule has 0 bridgehead atoms. The second-order valence-electron chi connectivity index (χ2n) is 12.9. The molecule has 0 fully saturated rings. The van der Waals surface area contributed by atoms with Gasteiger partial charge in [0.25, 0.3) is 0 Å².